The van der Waals surface area contributed by atoms with E-state index in [0.29, 0.717) is 5.82 Å². The molecular weight excluding hydrogens is 233 g/mol. The topological polar surface area (TPSA) is 57.8 Å². The fourth-order valence-corrected chi connectivity index (χ4v) is 1.67. The second-order valence-corrected chi connectivity index (χ2v) is 4.06. The summed E-state index contributed by atoms with van der Waals surface area (Å²) in [4.78, 5) is 11.9. The predicted octanol–water partition coefficient (Wildman–Crippen LogP) is 2.67. The van der Waals surface area contributed by atoms with Crippen LogP contribution in [0.5, 0.6) is 0 Å². The van der Waals surface area contributed by atoms with Gasteiger partial charge in [0.05, 0.1) is 11.8 Å². The van der Waals surface area contributed by atoms with E-state index in [9.17, 15) is 9.18 Å². The number of hydrogen-bond acceptors (Lipinski definition) is 2. The summed E-state index contributed by atoms with van der Waals surface area (Å²) in [5.41, 5.74) is 1.69. The molecule has 4 nitrogen and oxygen atoms in total. The number of anilines is 1. The number of rotatable bonds is 3. The Morgan fingerprint density at radius 3 is 2.94 bits per heavy atom. The molecular formula is C13H14FN3O. The van der Waals surface area contributed by atoms with E-state index < -0.39 is 11.7 Å². The summed E-state index contributed by atoms with van der Waals surface area (Å²) < 4.78 is 13.6. The molecule has 0 spiro atoms. The predicted molar refractivity (Wildman–Crippen MR) is 67.1 cm³/mol. The molecule has 0 aliphatic rings. The Balaban J connectivity index is 2.22. The Morgan fingerprint density at radius 1 is 1.50 bits per heavy atom. The number of benzene rings is 1. The second kappa shape index (κ2) is 5.00. The number of amides is 1. The van der Waals surface area contributed by atoms with Crippen molar-refractivity contribution in [3.8, 4) is 0 Å². The summed E-state index contributed by atoms with van der Waals surface area (Å²) in [5, 5.41) is 9.15. The van der Waals surface area contributed by atoms with Crippen molar-refractivity contribution < 1.29 is 9.18 Å². The van der Waals surface area contributed by atoms with E-state index in [1.807, 2.05) is 6.92 Å². The molecule has 0 fully saturated rings. The van der Waals surface area contributed by atoms with Crippen LogP contribution in [0.4, 0.5) is 10.2 Å². The zero-order valence-corrected chi connectivity index (χ0v) is 10.2. The van der Waals surface area contributed by atoms with Gasteiger partial charge < -0.3 is 5.32 Å². The van der Waals surface area contributed by atoms with Crippen LogP contribution in [0.2, 0.25) is 0 Å². The number of carbonyl (C=O) groups excluding carboxylic acids is 1. The molecule has 0 atom stereocenters. The number of aryl methyl sites for hydroxylation is 2. The standard InChI is InChI=1S/C13H14FN3O/c1-3-9-7-15-17-12(9)16-13(18)10-5-4-8(2)6-11(10)14/h4-7H,3H2,1-2H3,(H2,15,16,17,18). The van der Waals surface area contributed by atoms with Crippen molar-refractivity contribution in [3.05, 3.63) is 46.9 Å². The molecule has 18 heavy (non-hydrogen) atoms. The van der Waals surface area contributed by atoms with Crippen LogP contribution < -0.4 is 5.32 Å². The van der Waals surface area contributed by atoms with Crippen LogP contribution in [0.3, 0.4) is 0 Å². The molecule has 0 radical (unpaired) electrons. The molecule has 0 bridgehead atoms. The Bertz CT molecular complexity index is 577. The highest BCUT2D eigenvalue weighted by Gasteiger charge is 2.14. The van der Waals surface area contributed by atoms with E-state index in [2.05, 4.69) is 15.5 Å². The molecule has 2 aromatic rings. The van der Waals surface area contributed by atoms with Gasteiger partial charge >= 0.3 is 0 Å². The van der Waals surface area contributed by atoms with Gasteiger partial charge in [-0.25, -0.2) is 4.39 Å². The first-order valence-electron chi connectivity index (χ1n) is 5.71. The normalized spacial score (nSPS) is 10.4. The Hall–Kier alpha value is -2.17. The molecule has 2 N–H and O–H groups in total. The number of nitrogens with zero attached hydrogens (tertiary/aromatic N) is 1. The molecule has 94 valence electrons. The van der Waals surface area contributed by atoms with Gasteiger partial charge in [0.25, 0.3) is 5.91 Å². The largest absolute Gasteiger partial charge is 0.307 e. The van der Waals surface area contributed by atoms with E-state index in [4.69, 9.17) is 0 Å². The zero-order valence-electron chi connectivity index (χ0n) is 10.2. The minimum atomic E-state index is -0.523. The Morgan fingerprint density at radius 2 is 2.28 bits per heavy atom. The van der Waals surface area contributed by atoms with Crippen LogP contribution in [0, 0.1) is 12.7 Å². The van der Waals surface area contributed by atoms with Crippen LogP contribution >= 0.6 is 0 Å². The molecule has 1 heterocycles. The molecule has 2 rings (SSSR count). The van der Waals surface area contributed by atoms with Crippen molar-refractivity contribution in [2.45, 2.75) is 20.3 Å². The summed E-state index contributed by atoms with van der Waals surface area (Å²) >= 11 is 0. The number of H-pyrrole nitrogens is 1. The Labute approximate surface area is 104 Å². The van der Waals surface area contributed by atoms with Crippen molar-refractivity contribution in [2.24, 2.45) is 0 Å². The van der Waals surface area contributed by atoms with Crippen LogP contribution in [-0.2, 0) is 6.42 Å². The molecule has 0 aliphatic carbocycles. The van der Waals surface area contributed by atoms with E-state index in [1.54, 1.807) is 19.2 Å². The lowest BCUT2D eigenvalue weighted by molar-refractivity contribution is 0.102. The van der Waals surface area contributed by atoms with Crippen molar-refractivity contribution in [1.82, 2.24) is 10.2 Å². The summed E-state index contributed by atoms with van der Waals surface area (Å²) in [5.74, 6) is -0.487. The van der Waals surface area contributed by atoms with E-state index >= 15 is 0 Å². The van der Waals surface area contributed by atoms with Crippen LogP contribution in [-0.4, -0.2) is 16.1 Å². The molecule has 5 heteroatoms. The number of halogens is 1. The van der Waals surface area contributed by atoms with Gasteiger partial charge in [0.15, 0.2) is 0 Å². The van der Waals surface area contributed by atoms with Crippen LogP contribution in [0.1, 0.15) is 28.4 Å². The van der Waals surface area contributed by atoms with Gasteiger partial charge in [-0.1, -0.05) is 13.0 Å². The van der Waals surface area contributed by atoms with Crippen LogP contribution in [0.15, 0.2) is 24.4 Å². The third kappa shape index (κ3) is 2.40. The van der Waals surface area contributed by atoms with Gasteiger partial charge in [-0.15, -0.1) is 0 Å². The molecule has 1 aromatic carbocycles. The first-order chi connectivity index (χ1) is 8.61. The van der Waals surface area contributed by atoms with E-state index in [0.717, 1.165) is 17.5 Å². The number of nitrogens with one attached hydrogen (secondary N) is 2. The van der Waals surface area contributed by atoms with Crippen molar-refractivity contribution >= 4 is 11.7 Å². The van der Waals surface area contributed by atoms with Crippen molar-refractivity contribution in [2.75, 3.05) is 5.32 Å². The van der Waals surface area contributed by atoms with Gasteiger partial charge in [0.2, 0.25) is 0 Å². The highest BCUT2D eigenvalue weighted by Crippen LogP contribution is 2.15. The summed E-state index contributed by atoms with van der Waals surface area (Å²) in [7, 11) is 0. The first kappa shape index (κ1) is 12.3. The van der Waals surface area contributed by atoms with Crippen molar-refractivity contribution in [3.63, 3.8) is 0 Å². The maximum absolute atomic E-state index is 13.6. The lowest BCUT2D eigenvalue weighted by Gasteiger charge is -2.06. The molecule has 1 amide bonds. The summed E-state index contributed by atoms with van der Waals surface area (Å²) in [6, 6.07) is 4.51. The van der Waals surface area contributed by atoms with E-state index in [-0.39, 0.29) is 5.56 Å². The zero-order chi connectivity index (χ0) is 13.1. The minimum absolute atomic E-state index is 0.0252. The number of carbonyl (C=O) groups is 1. The SMILES string of the molecule is CCc1cn[nH]c1NC(=O)c1ccc(C)cc1F. The number of aromatic nitrogens is 2. The molecule has 1 aromatic heterocycles. The molecule has 0 aliphatic heterocycles. The fraction of sp³-hybridized carbons (Fsp3) is 0.231. The van der Waals surface area contributed by atoms with Crippen LogP contribution in [0.25, 0.3) is 0 Å². The minimum Gasteiger partial charge on any atom is -0.307 e. The van der Waals surface area contributed by atoms with Crippen molar-refractivity contribution in [1.29, 1.82) is 0 Å². The monoisotopic (exact) mass is 247 g/mol. The van der Waals surface area contributed by atoms with Gasteiger partial charge in [0, 0.05) is 5.56 Å². The Kier molecular flexibility index (Phi) is 3.41. The molecule has 0 unspecified atom stereocenters. The molecule has 0 saturated heterocycles. The van der Waals surface area contributed by atoms with E-state index in [1.165, 1.54) is 12.1 Å². The van der Waals surface area contributed by atoms with Gasteiger partial charge in [0.1, 0.15) is 11.6 Å². The summed E-state index contributed by atoms with van der Waals surface area (Å²) in [6.07, 6.45) is 2.38. The quantitative estimate of drug-likeness (QED) is 0.876. The molecule has 0 saturated carbocycles. The maximum Gasteiger partial charge on any atom is 0.259 e. The lowest BCUT2D eigenvalue weighted by Crippen LogP contribution is -2.15. The second-order valence-electron chi connectivity index (χ2n) is 4.06. The number of hydrogen-bond donors (Lipinski definition) is 2. The van der Waals surface area contributed by atoms with Gasteiger partial charge in [-0.2, -0.15) is 5.10 Å². The first-order valence-corrected chi connectivity index (χ1v) is 5.71. The third-order valence-corrected chi connectivity index (χ3v) is 2.71. The average Bonchev–Trinajstić information content (AvgIpc) is 2.76. The van der Waals surface area contributed by atoms with Gasteiger partial charge in [-0.3, -0.25) is 9.89 Å². The number of aromatic amines is 1. The average molecular weight is 247 g/mol. The highest BCUT2D eigenvalue weighted by molar-refractivity contribution is 6.04. The smallest absolute Gasteiger partial charge is 0.259 e. The van der Waals surface area contributed by atoms with Gasteiger partial charge in [-0.05, 0) is 31.0 Å². The lowest BCUT2D eigenvalue weighted by atomic mass is 10.1. The maximum atomic E-state index is 13.6. The summed E-state index contributed by atoms with van der Waals surface area (Å²) in [6.45, 7) is 3.72. The highest BCUT2D eigenvalue weighted by atomic mass is 19.1. The third-order valence-electron chi connectivity index (χ3n) is 2.71. The fourth-order valence-electron chi connectivity index (χ4n) is 1.67.